The van der Waals surface area contributed by atoms with E-state index in [0.717, 1.165) is 6.54 Å². The fraction of sp³-hybridized carbons (Fsp3) is 0.455. The Bertz CT molecular complexity index is 343. The zero-order valence-electron chi connectivity index (χ0n) is 9.03. The molecule has 1 saturated heterocycles. The lowest BCUT2D eigenvalue weighted by Crippen LogP contribution is -2.35. The highest BCUT2D eigenvalue weighted by molar-refractivity contribution is 5.85. The van der Waals surface area contributed by atoms with Crippen molar-refractivity contribution >= 4 is 12.4 Å². The smallest absolute Gasteiger partial charge is 0.128 e. The van der Waals surface area contributed by atoms with Crippen LogP contribution in [0.3, 0.4) is 0 Å². The van der Waals surface area contributed by atoms with Gasteiger partial charge in [-0.15, -0.1) is 12.4 Å². The van der Waals surface area contributed by atoms with Gasteiger partial charge in [-0.3, -0.25) is 0 Å². The highest BCUT2D eigenvalue weighted by atomic mass is 35.5. The van der Waals surface area contributed by atoms with E-state index in [-0.39, 0.29) is 24.3 Å². The SMILES string of the molecule is COc1ccc(F)c([C@H]2COCCN2)c1.Cl. The average molecular weight is 248 g/mol. The average Bonchev–Trinajstić information content (AvgIpc) is 2.31. The molecule has 90 valence electrons. The van der Waals surface area contributed by atoms with Gasteiger partial charge in [0, 0.05) is 12.1 Å². The zero-order chi connectivity index (χ0) is 10.7. The summed E-state index contributed by atoms with van der Waals surface area (Å²) >= 11 is 0. The minimum atomic E-state index is -0.223. The summed E-state index contributed by atoms with van der Waals surface area (Å²) in [5, 5.41) is 3.21. The summed E-state index contributed by atoms with van der Waals surface area (Å²) in [5.41, 5.74) is 0.606. The van der Waals surface area contributed by atoms with Crippen LogP contribution >= 0.6 is 12.4 Å². The molecule has 0 bridgehead atoms. The fourth-order valence-corrected chi connectivity index (χ4v) is 1.68. The van der Waals surface area contributed by atoms with Crippen LogP contribution in [0, 0.1) is 5.82 Å². The second-order valence-electron chi connectivity index (χ2n) is 3.47. The van der Waals surface area contributed by atoms with Crippen LogP contribution in [0.25, 0.3) is 0 Å². The highest BCUT2D eigenvalue weighted by Gasteiger charge is 2.19. The van der Waals surface area contributed by atoms with Crippen LogP contribution < -0.4 is 10.1 Å². The number of morpholine rings is 1. The van der Waals surface area contributed by atoms with Gasteiger partial charge in [0.2, 0.25) is 0 Å². The predicted molar refractivity (Wildman–Crippen MR) is 61.8 cm³/mol. The summed E-state index contributed by atoms with van der Waals surface area (Å²) in [6.07, 6.45) is 0. The minimum Gasteiger partial charge on any atom is -0.497 e. The van der Waals surface area contributed by atoms with Crippen LogP contribution in [0.4, 0.5) is 4.39 Å². The lowest BCUT2D eigenvalue weighted by Gasteiger charge is -2.24. The molecule has 0 aliphatic carbocycles. The highest BCUT2D eigenvalue weighted by Crippen LogP contribution is 2.23. The Balaban J connectivity index is 0.00000128. The van der Waals surface area contributed by atoms with Crippen molar-refractivity contribution in [2.75, 3.05) is 26.9 Å². The van der Waals surface area contributed by atoms with Crippen LogP contribution in [0.1, 0.15) is 11.6 Å². The normalized spacial score (nSPS) is 20.0. The van der Waals surface area contributed by atoms with Crippen LogP contribution in [0.15, 0.2) is 18.2 Å². The van der Waals surface area contributed by atoms with Gasteiger partial charge in [0.25, 0.3) is 0 Å². The maximum Gasteiger partial charge on any atom is 0.128 e. The predicted octanol–water partition coefficient (Wildman–Crippen LogP) is 1.92. The quantitative estimate of drug-likeness (QED) is 0.866. The first-order valence-corrected chi connectivity index (χ1v) is 4.96. The maximum atomic E-state index is 13.5. The van der Waals surface area contributed by atoms with Crippen molar-refractivity contribution in [2.45, 2.75) is 6.04 Å². The van der Waals surface area contributed by atoms with Crippen molar-refractivity contribution in [3.8, 4) is 5.75 Å². The van der Waals surface area contributed by atoms with E-state index in [1.54, 1.807) is 19.2 Å². The van der Waals surface area contributed by atoms with Gasteiger partial charge >= 0.3 is 0 Å². The first-order valence-electron chi connectivity index (χ1n) is 4.96. The van der Waals surface area contributed by atoms with E-state index >= 15 is 0 Å². The molecular formula is C11H15ClFNO2. The molecule has 5 heteroatoms. The van der Waals surface area contributed by atoms with Crippen molar-refractivity contribution in [1.29, 1.82) is 0 Å². The van der Waals surface area contributed by atoms with E-state index in [2.05, 4.69) is 5.32 Å². The summed E-state index contributed by atoms with van der Waals surface area (Å²) in [7, 11) is 1.57. The number of hydrogen-bond donors (Lipinski definition) is 1. The standard InChI is InChI=1S/C11H14FNO2.ClH/c1-14-8-2-3-10(12)9(6-8)11-7-15-5-4-13-11;/h2-3,6,11,13H,4-5,7H2,1H3;1H/t11-;/m1./s1. The van der Waals surface area contributed by atoms with Crippen molar-refractivity contribution in [3.05, 3.63) is 29.6 Å². The molecule has 0 aromatic heterocycles. The van der Waals surface area contributed by atoms with E-state index < -0.39 is 0 Å². The molecule has 1 atom stereocenters. The first-order chi connectivity index (χ1) is 7.31. The summed E-state index contributed by atoms with van der Waals surface area (Å²) in [4.78, 5) is 0. The third-order valence-corrected chi connectivity index (χ3v) is 2.50. The van der Waals surface area contributed by atoms with E-state index in [1.165, 1.54) is 6.07 Å². The van der Waals surface area contributed by atoms with Crippen molar-refractivity contribution < 1.29 is 13.9 Å². The van der Waals surface area contributed by atoms with Crippen molar-refractivity contribution in [3.63, 3.8) is 0 Å². The zero-order valence-corrected chi connectivity index (χ0v) is 9.85. The molecule has 1 aliphatic heterocycles. The summed E-state index contributed by atoms with van der Waals surface area (Å²) in [6, 6.07) is 4.67. The molecule has 0 radical (unpaired) electrons. The lowest BCUT2D eigenvalue weighted by atomic mass is 10.1. The molecular weight excluding hydrogens is 233 g/mol. The number of rotatable bonds is 2. The molecule has 0 amide bonds. The molecule has 2 rings (SSSR count). The Hall–Kier alpha value is -0.840. The number of ether oxygens (including phenoxy) is 2. The summed E-state index contributed by atoms with van der Waals surface area (Å²) in [6.45, 7) is 1.94. The lowest BCUT2D eigenvalue weighted by molar-refractivity contribution is 0.0757. The van der Waals surface area contributed by atoms with Crippen molar-refractivity contribution in [2.24, 2.45) is 0 Å². The number of nitrogens with one attached hydrogen (secondary N) is 1. The molecule has 1 aliphatic rings. The maximum absolute atomic E-state index is 13.5. The first kappa shape index (κ1) is 13.2. The summed E-state index contributed by atoms with van der Waals surface area (Å²) in [5.74, 6) is 0.442. The third-order valence-electron chi connectivity index (χ3n) is 2.50. The molecule has 1 fully saturated rings. The number of halogens is 2. The second kappa shape index (κ2) is 6.03. The van der Waals surface area contributed by atoms with Crippen LogP contribution in [0.5, 0.6) is 5.75 Å². The number of methoxy groups -OCH3 is 1. The van der Waals surface area contributed by atoms with Gasteiger partial charge < -0.3 is 14.8 Å². The molecule has 1 N–H and O–H groups in total. The molecule has 1 heterocycles. The van der Waals surface area contributed by atoms with Gasteiger partial charge in [0.15, 0.2) is 0 Å². The third kappa shape index (κ3) is 2.84. The van der Waals surface area contributed by atoms with Crippen LogP contribution in [-0.4, -0.2) is 26.9 Å². The Kier molecular flexibility index (Phi) is 4.99. The van der Waals surface area contributed by atoms with Crippen LogP contribution in [-0.2, 0) is 4.74 Å². The Morgan fingerprint density at radius 3 is 2.94 bits per heavy atom. The van der Waals surface area contributed by atoms with Crippen molar-refractivity contribution in [1.82, 2.24) is 5.32 Å². The minimum absolute atomic E-state index is 0. The molecule has 0 spiro atoms. The van der Waals surface area contributed by atoms with E-state index in [0.29, 0.717) is 24.5 Å². The van der Waals surface area contributed by atoms with E-state index in [4.69, 9.17) is 9.47 Å². The van der Waals surface area contributed by atoms with Gasteiger partial charge in [0.05, 0.1) is 26.4 Å². The van der Waals surface area contributed by atoms with E-state index in [9.17, 15) is 4.39 Å². The Morgan fingerprint density at radius 2 is 2.31 bits per heavy atom. The monoisotopic (exact) mass is 247 g/mol. The van der Waals surface area contributed by atoms with Gasteiger partial charge in [-0.1, -0.05) is 0 Å². The molecule has 1 aromatic carbocycles. The van der Waals surface area contributed by atoms with Gasteiger partial charge in [-0.05, 0) is 18.2 Å². The van der Waals surface area contributed by atoms with Gasteiger partial charge in [-0.25, -0.2) is 4.39 Å². The number of benzene rings is 1. The van der Waals surface area contributed by atoms with Gasteiger partial charge in [0.1, 0.15) is 11.6 Å². The molecule has 16 heavy (non-hydrogen) atoms. The van der Waals surface area contributed by atoms with Crippen LogP contribution in [0.2, 0.25) is 0 Å². The van der Waals surface area contributed by atoms with E-state index in [1.807, 2.05) is 0 Å². The summed E-state index contributed by atoms with van der Waals surface area (Å²) < 4.78 is 23.9. The Morgan fingerprint density at radius 1 is 1.50 bits per heavy atom. The number of hydrogen-bond acceptors (Lipinski definition) is 3. The Labute approximate surface area is 100 Å². The molecule has 0 unspecified atom stereocenters. The van der Waals surface area contributed by atoms with Gasteiger partial charge in [-0.2, -0.15) is 0 Å². The molecule has 1 aromatic rings. The largest absolute Gasteiger partial charge is 0.497 e. The fourth-order valence-electron chi connectivity index (χ4n) is 1.68. The second-order valence-corrected chi connectivity index (χ2v) is 3.47. The molecule has 0 saturated carbocycles. The molecule has 3 nitrogen and oxygen atoms in total. The topological polar surface area (TPSA) is 30.5 Å².